The highest BCUT2D eigenvalue weighted by atomic mass is 19.4. The number of nitriles is 1. The second kappa shape index (κ2) is 10.2. The molecule has 0 amide bonds. The molecule has 3 rings (SSSR count). The van der Waals surface area contributed by atoms with Crippen LogP contribution in [0.2, 0.25) is 0 Å². The minimum Gasteiger partial charge on any atom is -0.468 e. The first kappa shape index (κ1) is 24.5. The molecule has 1 fully saturated rings. The average Bonchev–Trinajstić information content (AvgIpc) is 2.75. The predicted molar refractivity (Wildman–Crippen MR) is 116 cm³/mol. The number of pyridine rings is 1. The lowest BCUT2D eigenvalue weighted by Gasteiger charge is -2.40. The number of rotatable bonds is 8. The third-order valence-electron chi connectivity index (χ3n) is 5.59. The molecule has 0 spiro atoms. The quantitative estimate of drug-likeness (QED) is 0.542. The minimum atomic E-state index is -4.41. The molecule has 0 aliphatic heterocycles. The van der Waals surface area contributed by atoms with Gasteiger partial charge in [0.2, 0.25) is 11.8 Å². The van der Waals surface area contributed by atoms with Gasteiger partial charge in [-0.25, -0.2) is 9.97 Å². The number of aromatic nitrogens is 3. The highest BCUT2D eigenvalue weighted by Crippen LogP contribution is 2.37. The summed E-state index contributed by atoms with van der Waals surface area (Å²) in [4.78, 5) is 12.5. The number of anilines is 2. The van der Waals surface area contributed by atoms with E-state index < -0.39 is 12.8 Å². The van der Waals surface area contributed by atoms with E-state index in [1.807, 2.05) is 13.8 Å². The lowest BCUT2D eigenvalue weighted by molar-refractivity contribution is -0.154. The first-order chi connectivity index (χ1) is 15.6. The van der Waals surface area contributed by atoms with Crippen LogP contribution in [0, 0.1) is 16.7 Å². The first-order valence-corrected chi connectivity index (χ1v) is 10.7. The zero-order valence-corrected chi connectivity index (χ0v) is 18.5. The fourth-order valence-electron chi connectivity index (χ4n) is 3.72. The van der Waals surface area contributed by atoms with Crippen molar-refractivity contribution in [2.24, 2.45) is 5.41 Å². The monoisotopic (exact) mass is 464 g/mol. The lowest BCUT2D eigenvalue weighted by Crippen LogP contribution is -2.41. The molecule has 2 aromatic heterocycles. The van der Waals surface area contributed by atoms with Crippen LogP contribution in [0.5, 0.6) is 5.88 Å². The number of halogens is 3. The number of ether oxygens (including phenoxy) is 1. The van der Waals surface area contributed by atoms with Crippen LogP contribution in [0.15, 0.2) is 24.5 Å². The number of aliphatic hydroxyl groups excluding tert-OH is 1. The highest BCUT2D eigenvalue weighted by molar-refractivity contribution is 5.54. The standard InChI is InChI=1S/C22H27F3N6O2/c1-21(2)9-16(4-5-17(21)32)30-19-15(10-26)12-29-20(31-19)27-8-7-14-3-6-18(28-11-14)33-13-22(23,24)25/h3,6,11-12,16-17,32H,4-5,7-9,13H2,1-2H3,(H2,27,29,30,31)/t16-,17+/m1/s1. The van der Waals surface area contributed by atoms with E-state index in [0.717, 1.165) is 18.4 Å². The van der Waals surface area contributed by atoms with E-state index in [0.29, 0.717) is 36.7 Å². The third kappa shape index (κ3) is 7.18. The molecule has 0 unspecified atom stereocenters. The molecule has 0 aromatic carbocycles. The largest absolute Gasteiger partial charge is 0.468 e. The Morgan fingerprint density at radius 3 is 2.67 bits per heavy atom. The van der Waals surface area contributed by atoms with E-state index in [4.69, 9.17) is 0 Å². The molecular formula is C22H27F3N6O2. The van der Waals surface area contributed by atoms with Gasteiger partial charge in [-0.3, -0.25) is 0 Å². The van der Waals surface area contributed by atoms with E-state index in [-0.39, 0.29) is 23.4 Å². The summed E-state index contributed by atoms with van der Waals surface area (Å²) in [6.45, 7) is 3.12. The van der Waals surface area contributed by atoms with Gasteiger partial charge in [0.25, 0.3) is 0 Å². The van der Waals surface area contributed by atoms with E-state index in [2.05, 4.69) is 36.4 Å². The summed E-state index contributed by atoms with van der Waals surface area (Å²) < 4.78 is 41.2. The summed E-state index contributed by atoms with van der Waals surface area (Å²) in [7, 11) is 0. The van der Waals surface area contributed by atoms with Crippen LogP contribution in [0.25, 0.3) is 0 Å². The summed E-state index contributed by atoms with van der Waals surface area (Å²) in [5.41, 5.74) is 0.915. The zero-order chi connectivity index (χ0) is 24.1. The fraction of sp³-hybridized carbons (Fsp3) is 0.545. The van der Waals surface area contributed by atoms with E-state index in [1.54, 1.807) is 6.07 Å². The minimum absolute atomic E-state index is 0.0856. The van der Waals surface area contributed by atoms with Crippen LogP contribution >= 0.6 is 0 Å². The number of alkyl halides is 3. The molecule has 0 bridgehead atoms. The van der Waals surface area contributed by atoms with Crippen molar-refractivity contribution in [3.63, 3.8) is 0 Å². The second-order valence-electron chi connectivity index (χ2n) is 8.78. The maximum absolute atomic E-state index is 12.2. The molecule has 0 radical (unpaired) electrons. The van der Waals surface area contributed by atoms with Gasteiger partial charge >= 0.3 is 6.18 Å². The molecule has 3 N–H and O–H groups in total. The Hall–Kier alpha value is -3.13. The van der Waals surface area contributed by atoms with Gasteiger partial charge in [0.15, 0.2) is 6.61 Å². The van der Waals surface area contributed by atoms with Gasteiger partial charge in [-0.1, -0.05) is 19.9 Å². The summed E-state index contributed by atoms with van der Waals surface area (Å²) in [5, 5.41) is 26.0. The Morgan fingerprint density at radius 2 is 2.03 bits per heavy atom. The van der Waals surface area contributed by atoms with Crippen molar-refractivity contribution in [1.82, 2.24) is 15.0 Å². The topological polar surface area (TPSA) is 116 Å². The summed E-state index contributed by atoms with van der Waals surface area (Å²) in [6.07, 6.45) is 0.888. The smallest absolute Gasteiger partial charge is 0.422 e. The van der Waals surface area contributed by atoms with E-state index in [9.17, 15) is 23.5 Å². The zero-order valence-electron chi connectivity index (χ0n) is 18.5. The van der Waals surface area contributed by atoms with Crippen molar-refractivity contribution in [3.8, 4) is 11.9 Å². The maximum Gasteiger partial charge on any atom is 0.422 e. The molecule has 178 valence electrons. The van der Waals surface area contributed by atoms with Crippen LogP contribution in [-0.4, -0.2) is 51.5 Å². The molecule has 1 saturated carbocycles. The normalized spacial score (nSPS) is 20.0. The van der Waals surface area contributed by atoms with Crippen molar-refractivity contribution < 1.29 is 23.0 Å². The summed E-state index contributed by atoms with van der Waals surface area (Å²) in [5.74, 6) is 0.707. The fourth-order valence-corrected chi connectivity index (χ4v) is 3.72. The molecule has 2 aromatic rings. The Balaban J connectivity index is 1.55. The van der Waals surface area contributed by atoms with Crippen molar-refractivity contribution >= 4 is 11.8 Å². The van der Waals surface area contributed by atoms with Crippen molar-refractivity contribution in [2.75, 3.05) is 23.8 Å². The number of nitrogens with zero attached hydrogens (tertiary/aromatic N) is 4. The Kier molecular flexibility index (Phi) is 7.58. The van der Waals surface area contributed by atoms with Gasteiger partial charge in [-0.2, -0.15) is 23.4 Å². The van der Waals surface area contributed by atoms with Crippen molar-refractivity contribution in [2.45, 2.75) is 57.9 Å². The van der Waals surface area contributed by atoms with Gasteiger partial charge in [-0.05, 0) is 36.7 Å². The van der Waals surface area contributed by atoms with Gasteiger partial charge < -0.3 is 20.5 Å². The van der Waals surface area contributed by atoms with Crippen LogP contribution in [-0.2, 0) is 6.42 Å². The molecule has 2 atom stereocenters. The Bertz CT molecular complexity index is 976. The van der Waals surface area contributed by atoms with Crippen LogP contribution in [0.4, 0.5) is 24.9 Å². The van der Waals surface area contributed by atoms with Crippen molar-refractivity contribution in [1.29, 1.82) is 5.26 Å². The lowest BCUT2D eigenvalue weighted by atomic mass is 9.73. The first-order valence-electron chi connectivity index (χ1n) is 10.7. The SMILES string of the molecule is CC1(C)C[C@H](Nc2nc(NCCc3ccc(OCC(F)(F)F)nc3)ncc2C#N)CC[C@@H]1O. The van der Waals surface area contributed by atoms with Crippen LogP contribution < -0.4 is 15.4 Å². The number of hydrogen-bond donors (Lipinski definition) is 3. The van der Waals surface area contributed by atoms with Gasteiger partial charge in [0, 0.05) is 24.8 Å². The van der Waals surface area contributed by atoms with E-state index in [1.165, 1.54) is 18.5 Å². The average molecular weight is 464 g/mol. The van der Waals surface area contributed by atoms with Crippen molar-refractivity contribution in [3.05, 3.63) is 35.7 Å². The molecule has 1 aliphatic carbocycles. The Morgan fingerprint density at radius 1 is 1.24 bits per heavy atom. The van der Waals surface area contributed by atoms with Gasteiger partial charge in [0.1, 0.15) is 17.5 Å². The second-order valence-corrected chi connectivity index (χ2v) is 8.78. The van der Waals surface area contributed by atoms with E-state index >= 15 is 0 Å². The van der Waals surface area contributed by atoms with Gasteiger partial charge in [0.05, 0.1) is 12.3 Å². The predicted octanol–water partition coefficient (Wildman–Crippen LogP) is 3.69. The number of nitrogens with one attached hydrogen (secondary N) is 2. The summed E-state index contributed by atoms with van der Waals surface area (Å²) >= 11 is 0. The van der Waals surface area contributed by atoms with Gasteiger partial charge in [-0.15, -0.1) is 0 Å². The molecule has 0 saturated heterocycles. The summed E-state index contributed by atoms with van der Waals surface area (Å²) in [6, 6.07) is 5.22. The molecule has 8 nitrogen and oxygen atoms in total. The molecule has 33 heavy (non-hydrogen) atoms. The number of hydrogen-bond acceptors (Lipinski definition) is 8. The maximum atomic E-state index is 12.2. The molecule has 1 aliphatic rings. The molecule has 2 heterocycles. The highest BCUT2D eigenvalue weighted by Gasteiger charge is 2.36. The van der Waals surface area contributed by atoms with Crippen LogP contribution in [0.3, 0.4) is 0 Å². The molecular weight excluding hydrogens is 437 g/mol. The third-order valence-corrected chi connectivity index (χ3v) is 5.59. The van der Waals surface area contributed by atoms with Crippen LogP contribution in [0.1, 0.15) is 44.2 Å². The Labute approximate surface area is 190 Å². The number of aliphatic hydroxyl groups is 1. The molecule has 11 heteroatoms.